The predicted octanol–water partition coefficient (Wildman–Crippen LogP) is 1.39. The number of rotatable bonds is 7. The highest BCUT2D eigenvalue weighted by Crippen LogP contribution is 2.19. The molecule has 1 rings (SSSR count). The summed E-state index contributed by atoms with van der Waals surface area (Å²) in [5.74, 6) is -1.59. The SMILES string of the molecule is C=CCN(/C=C(/C#N)C(=O)N1CCC(C(=O)O)CC1)CC=C. The highest BCUT2D eigenvalue weighted by molar-refractivity contribution is 5.97. The van der Waals surface area contributed by atoms with Gasteiger partial charge in [-0.25, -0.2) is 0 Å². The molecule has 0 unspecified atom stereocenters. The molecule has 118 valence electrons. The van der Waals surface area contributed by atoms with Crippen LogP contribution in [0, 0.1) is 17.2 Å². The molecule has 1 amide bonds. The normalized spacial score (nSPS) is 15.8. The third-order valence-corrected chi connectivity index (χ3v) is 3.52. The van der Waals surface area contributed by atoms with Gasteiger partial charge in [0.15, 0.2) is 0 Å². The number of carboxylic acids is 1. The summed E-state index contributed by atoms with van der Waals surface area (Å²) in [6.07, 6.45) is 5.70. The highest BCUT2D eigenvalue weighted by atomic mass is 16.4. The summed E-state index contributed by atoms with van der Waals surface area (Å²) in [4.78, 5) is 26.6. The number of piperidine rings is 1. The van der Waals surface area contributed by atoms with E-state index in [-0.39, 0.29) is 11.5 Å². The number of aliphatic carboxylic acids is 1. The van der Waals surface area contributed by atoms with Crippen molar-refractivity contribution in [3.63, 3.8) is 0 Å². The summed E-state index contributed by atoms with van der Waals surface area (Å²) in [7, 11) is 0. The quantitative estimate of drug-likeness (QED) is 0.436. The lowest BCUT2D eigenvalue weighted by Crippen LogP contribution is -2.41. The Morgan fingerprint density at radius 2 is 1.82 bits per heavy atom. The molecule has 0 aliphatic carbocycles. The van der Waals surface area contributed by atoms with Crippen molar-refractivity contribution < 1.29 is 14.7 Å². The van der Waals surface area contributed by atoms with Crippen molar-refractivity contribution in [3.05, 3.63) is 37.1 Å². The summed E-state index contributed by atoms with van der Waals surface area (Å²) in [5.41, 5.74) is 0.0393. The molecular weight excluding hydrogens is 282 g/mol. The van der Waals surface area contributed by atoms with Crippen molar-refractivity contribution in [2.24, 2.45) is 5.92 Å². The lowest BCUT2D eigenvalue weighted by atomic mass is 9.97. The van der Waals surface area contributed by atoms with Crippen molar-refractivity contribution >= 4 is 11.9 Å². The molecule has 1 fully saturated rings. The van der Waals surface area contributed by atoms with Gasteiger partial charge in [-0.05, 0) is 12.8 Å². The molecule has 1 aliphatic heterocycles. The summed E-state index contributed by atoms with van der Waals surface area (Å²) >= 11 is 0. The molecule has 1 aliphatic rings. The largest absolute Gasteiger partial charge is 0.481 e. The zero-order valence-electron chi connectivity index (χ0n) is 12.6. The van der Waals surface area contributed by atoms with E-state index in [1.165, 1.54) is 11.1 Å². The van der Waals surface area contributed by atoms with Crippen LogP contribution in [0.25, 0.3) is 0 Å². The van der Waals surface area contributed by atoms with Crippen molar-refractivity contribution in [2.45, 2.75) is 12.8 Å². The van der Waals surface area contributed by atoms with Crippen molar-refractivity contribution in [2.75, 3.05) is 26.2 Å². The van der Waals surface area contributed by atoms with Gasteiger partial charge < -0.3 is 14.9 Å². The van der Waals surface area contributed by atoms with Gasteiger partial charge in [0.2, 0.25) is 0 Å². The fourth-order valence-electron chi connectivity index (χ4n) is 2.33. The van der Waals surface area contributed by atoms with Gasteiger partial charge in [0.25, 0.3) is 5.91 Å². The first-order chi connectivity index (χ1) is 10.5. The number of carboxylic acid groups (broad SMARTS) is 1. The maximum Gasteiger partial charge on any atom is 0.306 e. The first-order valence-electron chi connectivity index (χ1n) is 7.13. The Morgan fingerprint density at radius 1 is 1.27 bits per heavy atom. The zero-order chi connectivity index (χ0) is 16.5. The number of likely N-dealkylation sites (tertiary alicyclic amines) is 1. The molecule has 6 heteroatoms. The molecule has 1 saturated heterocycles. The summed E-state index contributed by atoms with van der Waals surface area (Å²) in [6, 6.07) is 1.92. The first kappa shape index (κ1) is 17.5. The molecule has 0 spiro atoms. The van der Waals surface area contributed by atoms with Gasteiger partial charge in [-0.1, -0.05) is 12.2 Å². The lowest BCUT2D eigenvalue weighted by molar-refractivity contribution is -0.145. The molecule has 0 radical (unpaired) electrons. The minimum absolute atomic E-state index is 0.0393. The van der Waals surface area contributed by atoms with Crippen LogP contribution in [-0.2, 0) is 9.59 Å². The van der Waals surface area contributed by atoms with Gasteiger partial charge >= 0.3 is 5.97 Å². The van der Waals surface area contributed by atoms with Gasteiger partial charge in [0, 0.05) is 32.4 Å². The van der Waals surface area contributed by atoms with E-state index in [1.54, 1.807) is 17.1 Å². The second-order valence-corrected chi connectivity index (χ2v) is 5.09. The molecule has 0 saturated carbocycles. The van der Waals surface area contributed by atoms with E-state index in [0.29, 0.717) is 39.0 Å². The second kappa shape index (κ2) is 8.67. The Labute approximate surface area is 130 Å². The fraction of sp³-hybridized carbons (Fsp3) is 0.438. The monoisotopic (exact) mass is 303 g/mol. The molecule has 0 aromatic carbocycles. The molecule has 6 nitrogen and oxygen atoms in total. The van der Waals surface area contributed by atoms with E-state index in [4.69, 9.17) is 5.11 Å². The van der Waals surface area contributed by atoms with Crippen LogP contribution in [-0.4, -0.2) is 53.0 Å². The fourth-order valence-corrected chi connectivity index (χ4v) is 2.33. The van der Waals surface area contributed by atoms with Crippen molar-refractivity contribution in [1.29, 1.82) is 5.26 Å². The molecule has 0 atom stereocenters. The smallest absolute Gasteiger partial charge is 0.306 e. The topological polar surface area (TPSA) is 84.6 Å². The standard InChI is InChI=1S/C16H21N3O3/c1-3-7-18(8-4-2)12-14(11-17)15(20)19-9-5-13(6-10-19)16(21)22/h3-4,12-13H,1-2,5-10H2,(H,21,22)/b14-12-. The number of hydrogen-bond donors (Lipinski definition) is 1. The minimum Gasteiger partial charge on any atom is -0.481 e. The van der Waals surface area contributed by atoms with Gasteiger partial charge in [-0.3, -0.25) is 9.59 Å². The van der Waals surface area contributed by atoms with Crippen LogP contribution in [0.3, 0.4) is 0 Å². The number of nitrogens with zero attached hydrogens (tertiary/aromatic N) is 3. The van der Waals surface area contributed by atoms with Crippen LogP contribution in [0.1, 0.15) is 12.8 Å². The van der Waals surface area contributed by atoms with Gasteiger partial charge in [-0.15, -0.1) is 13.2 Å². The molecular formula is C16H21N3O3. The second-order valence-electron chi connectivity index (χ2n) is 5.09. The zero-order valence-corrected chi connectivity index (χ0v) is 12.6. The molecule has 1 heterocycles. The van der Waals surface area contributed by atoms with Crippen molar-refractivity contribution in [1.82, 2.24) is 9.80 Å². The van der Waals surface area contributed by atoms with E-state index < -0.39 is 11.9 Å². The third kappa shape index (κ3) is 4.77. The Bertz CT molecular complexity index is 501. The molecule has 0 aromatic rings. The molecule has 1 N–H and O–H groups in total. The Morgan fingerprint density at radius 3 is 2.23 bits per heavy atom. The van der Waals surface area contributed by atoms with E-state index in [0.717, 1.165) is 0 Å². The predicted molar refractivity (Wildman–Crippen MR) is 82.6 cm³/mol. The average Bonchev–Trinajstić information content (AvgIpc) is 2.52. The Balaban J connectivity index is 2.76. The molecule has 0 aromatic heterocycles. The van der Waals surface area contributed by atoms with E-state index in [9.17, 15) is 14.9 Å². The summed E-state index contributed by atoms with van der Waals surface area (Å²) in [6.45, 7) is 9.00. The van der Waals surface area contributed by atoms with Crippen LogP contribution in [0.4, 0.5) is 0 Å². The van der Waals surface area contributed by atoms with Gasteiger partial charge in [-0.2, -0.15) is 5.26 Å². The first-order valence-corrected chi connectivity index (χ1v) is 7.13. The van der Waals surface area contributed by atoms with E-state index >= 15 is 0 Å². The average molecular weight is 303 g/mol. The lowest BCUT2D eigenvalue weighted by Gasteiger charge is -2.30. The van der Waals surface area contributed by atoms with Crippen LogP contribution >= 0.6 is 0 Å². The Kier molecular flexibility index (Phi) is 6.90. The maximum absolute atomic E-state index is 12.4. The number of amides is 1. The number of carbonyl (C=O) groups is 2. The highest BCUT2D eigenvalue weighted by Gasteiger charge is 2.28. The van der Waals surface area contributed by atoms with Crippen LogP contribution in [0.15, 0.2) is 37.1 Å². The molecule has 0 bridgehead atoms. The summed E-state index contributed by atoms with van der Waals surface area (Å²) in [5, 5.41) is 18.2. The maximum atomic E-state index is 12.4. The number of carbonyl (C=O) groups excluding carboxylic acids is 1. The number of hydrogen-bond acceptors (Lipinski definition) is 4. The van der Waals surface area contributed by atoms with Gasteiger partial charge in [0.05, 0.1) is 5.92 Å². The van der Waals surface area contributed by atoms with Crippen LogP contribution < -0.4 is 0 Å². The number of nitriles is 1. The summed E-state index contributed by atoms with van der Waals surface area (Å²) < 4.78 is 0. The van der Waals surface area contributed by atoms with Gasteiger partial charge in [0.1, 0.15) is 11.6 Å². The van der Waals surface area contributed by atoms with Crippen molar-refractivity contribution in [3.8, 4) is 6.07 Å². The molecule has 22 heavy (non-hydrogen) atoms. The Hall–Kier alpha value is -2.55. The minimum atomic E-state index is -0.828. The van der Waals surface area contributed by atoms with E-state index in [2.05, 4.69) is 13.2 Å². The third-order valence-electron chi connectivity index (χ3n) is 3.52. The van der Waals surface area contributed by atoms with Crippen LogP contribution in [0.2, 0.25) is 0 Å². The van der Waals surface area contributed by atoms with E-state index in [1.807, 2.05) is 6.07 Å². The van der Waals surface area contributed by atoms with Crippen LogP contribution in [0.5, 0.6) is 0 Å².